The van der Waals surface area contributed by atoms with Crippen molar-refractivity contribution in [3.8, 4) is 0 Å². The summed E-state index contributed by atoms with van der Waals surface area (Å²) in [6.45, 7) is 6.68. The molecule has 0 bridgehead atoms. The summed E-state index contributed by atoms with van der Waals surface area (Å²) in [5, 5.41) is 4.97. The lowest BCUT2D eigenvalue weighted by molar-refractivity contribution is -0.178. The summed E-state index contributed by atoms with van der Waals surface area (Å²) in [4.78, 5) is 0. The van der Waals surface area contributed by atoms with Gasteiger partial charge in [0.2, 0.25) is 0 Å². The van der Waals surface area contributed by atoms with Gasteiger partial charge in [0.25, 0.3) is 0 Å². The van der Waals surface area contributed by atoms with Gasteiger partial charge in [-0.2, -0.15) is 0 Å². The molecule has 4 nitrogen and oxygen atoms in total. The molecular weight excluding hydrogens is 262 g/mol. The molecule has 3 rings (SSSR count). The van der Waals surface area contributed by atoms with E-state index in [1.807, 2.05) is 0 Å². The summed E-state index contributed by atoms with van der Waals surface area (Å²) in [5.74, 6) is -0.271. The van der Waals surface area contributed by atoms with E-state index in [0.717, 1.165) is 52.2 Å². The quantitative estimate of drug-likeness (QED) is 0.834. The van der Waals surface area contributed by atoms with Crippen LogP contribution in [0.25, 0.3) is 0 Å². The SMILES string of the molecule is CCCNC1CCC2(CC1SC1COC1)OCCO2. The highest BCUT2D eigenvalue weighted by atomic mass is 32.2. The van der Waals surface area contributed by atoms with Crippen LogP contribution in [0.2, 0.25) is 0 Å². The molecule has 2 aliphatic heterocycles. The number of ether oxygens (including phenoxy) is 3. The van der Waals surface area contributed by atoms with E-state index in [1.165, 1.54) is 6.42 Å². The first-order valence-corrected chi connectivity index (χ1v) is 8.50. The lowest BCUT2D eigenvalue weighted by Gasteiger charge is -2.43. The summed E-state index contributed by atoms with van der Waals surface area (Å²) >= 11 is 2.08. The van der Waals surface area contributed by atoms with E-state index in [-0.39, 0.29) is 5.79 Å². The summed E-state index contributed by atoms with van der Waals surface area (Å²) in [5.41, 5.74) is 0. The molecule has 2 saturated heterocycles. The number of hydrogen-bond acceptors (Lipinski definition) is 5. The molecule has 1 aliphatic carbocycles. The van der Waals surface area contributed by atoms with E-state index >= 15 is 0 Å². The van der Waals surface area contributed by atoms with Crippen LogP contribution >= 0.6 is 11.8 Å². The molecule has 19 heavy (non-hydrogen) atoms. The van der Waals surface area contributed by atoms with Crippen LogP contribution in [0.3, 0.4) is 0 Å². The Balaban J connectivity index is 1.60. The Morgan fingerprint density at radius 1 is 1.26 bits per heavy atom. The second-order valence-corrected chi connectivity index (χ2v) is 7.29. The van der Waals surface area contributed by atoms with E-state index in [1.54, 1.807) is 0 Å². The first-order chi connectivity index (χ1) is 9.31. The van der Waals surface area contributed by atoms with Crippen LogP contribution in [0.1, 0.15) is 32.6 Å². The van der Waals surface area contributed by atoms with Gasteiger partial charge >= 0.3 is 0 Å². The van der Waals surface area contributed by atoms with Gasteiger partial charge in [-0.25, -0.2) is 0 Å². The van der Waals surface area contributed by atoms with Gasteiger partial charge in [0.1, 0.15) is 0 Å². The van der Waals surface area contributed by atoms with E-state index < -0.39 is 0 Å². The maximum absolute atomic E-state index is 5.90. The predicted octanol–water partition coefficient (Wildman–Crippen LogP) is 1.78. The molecule has 2 unspecified atom stereocenters. The minimum Gasteiger partial charge on any atom is -0.379 e. The Morgan fingerprint density at radius 2 is 2.05 bits per heavy atom. The van der Waals surface area contributed by atoms with Gasteiger partial charge < -0.3 is 19.5 Å². The molecule has 5 heteroatoms. The lowest BCUT2D eigenvalue weighted by atomic mass is 9.89. The molecule has 3 aliphatic rings. The van der Waals surface area contributed by atoms with Gasteiger partial charge in [0.05, 0.1) is 31.7 Å². The van der Waals surface area contributed by atoms with Crippen molar-refractivity contribution in [2.45, 2.75) is 54.9 Å². The van der Waals surface area contributed by atoms with E-state index in [0.29, 0.717) is 16.5 Å². The third-order valence-electron chi connectivity index (χ3n) is 4.24. The Morgan fingerprint density at radius 3 is 2.68 bits per heavy atom. The third kappa shape index (κ3) is 3.27. The van der Waals surface area contributed by atoms with Crippen molar-refractivity contribution in [3.05, 3.63) is 0 Å². The maximum atomic E-state index is 5.90. The number of hydrogen-bond donors (Lipinski definition) is 1. The molecule has 0 aromatic carbocycles. The second-order valence-electron chi connectivity index (χ2n) is 5.75. The van der Waals surface area contributed by atoms with E-state index in [9.17, 15) is 0 Å². The fourth-order valence-electron chi connectivity index (χ4n) is 3.12. The van der Waals surface area contributed by atoms with Crippen molar-refractivity contribution in [3.63, 3.8) is 0 Å². The average Bonchev–Trinajstić information content (AvgIpc) is 2.81. The van der Waals surface area contributed by atoms with Gasteiger partial charge in [-0.15, -0.1) is 11.8 Å². The molecular formula is C14H25NO3S. The highest BCUT2D eigenvalue weighted by Gasteiger charge is 2.46. The van der Waals surface area contributed by atoms with Gasteiger partial charge in [-0.05, 0) is 19.4 Å². The number of thioether (sulfide) groups is 1. The Hall–Kier alpha value is 0.190. The fraction of sp³-hybridized carbons (Fsp3) is 1.00. The Bertz CT molecular complexity index is 292. The highest BCUT2D eigenvalue weighted by Crippen LogP contribution is 2.42. The van der Waals surface area contributed by atoms with E-state index in [2.05, 4.69) is 24.0 Å². The molecule has 2 heterocycles. The van der Waals surface area contributed by atoms with Gasteiger partial charge in [-0.3, -0.25) is 0 Å². The molecule has 2 atom stereocenters. The predicted molar refractivity (Wildman–Crippen MR) is 76.6 cm³/mol. The Labute approximate surface area is 119 Å². The van der Waals surface area contributed by atoms with Crippen LogP contribution in [0.4, 0.5) is 0 Å². The molecule has 0 aromatic rings. The Kier molecular flexibility index (Phi) is 4.70. The second kappa shape index (κ2) is 6.31. The van der Waals surface area contributed by atoms with Crippen LogP contribution in [0.15, 0.2) is 0 Å². The van der Waals surface area contributed by atoms with Crippen molar-refractivity contribution in [2.75, 3.05) is 33.0 Å². The monoisotopic (exact) mass is 287 g/mol. The average molecular weight is 287 g/mol. The van der Waals surface area contributed by atoms with Crippen molar-refractivity contribution in [1.82, 2.24) is 5.32 Å². The zero-order chi connectivity index (χ0) is 13.1. The summed E-state index contributed by atoms with van der Waals surface area (Å²) < 4.78 is 17.1. The molecule has 0 radical (unpaired) electrons. The molecule has 3 fully saturated rings. The van der Waals surface area contributed by atoms with Crippen LogP contribution < -0.4 is 5.32 Å². The van der Waals surface area contributed by atoms with Crippen LogP contribution in [-0.2, 0) is 14.2 Å². The van der Waals surface area contributed by atoms with Crippen molar-refractivity contribution in [1.29, 1.82) is 0 Å². The summed E-state index contributed by atoms with van der Waals surface area (Å²) in [6.07, 6.45) is 4.41. The molecule has 110 valence electrons. The smallest absolute Gasteiger partial charge is 0.169 e. The summed E-state index contributed by atoms with van der Waals surface area (Å²) in [6, 6.07) is 0.601. The van der Waals surface area contributed by atoms with Gasteiger partial charge in [0.15, 0.2) is 5.79 Å². The largest absolute Gasteiger partial charge is 0.379 e. The molecule has 0 aromatic heterocycles. The fourth-order valence-corrected chi connectivity index (χ4v) is 4.73. The zero-order valence-electron chi connectivity index (χ0n) is 11.7. The van der Waals surface area contributed by atoms with Crippen LogP contribution in [0, 0.1) is 0 Å². The number of rotatable bonds is 5. The zero-order valence-corrected chi connectivity index (χ0v) is 12.5. The molecule has 1 N–H and O–H groups in total. The normalized spacial score (nSPS) is 34.6. The first-order valence-electron chi connectivity index (χ1n) is 7.56. The minimum absolute atomic E-state index is 0.271. The van der Waals surface area contributed by atoms with Crippen molar-refractivity contribution < 1.29 is 14.2 Å². The molecule has 1 spiro atoms. The third-order valence-corrected chi connectivity index (χ3v) is 5.74. The highest BCUT2D eigenvalue weighted by molar-refractivity contribution is 8.00. The topological polar surface area (TPSA) is 39.7 Å². The van der Waals surface area contributed by atoms with Gasteiger partial charge in [0, 0.05) is 24.1 Å². The standard InChI is InChI=1S/C14H25NO3S/c1-2-5-15-12-3-4-14(17-6-7-18-14)8-13(12)19-11-9-16-10-11/h11-13,15H,2-10H2,1H3. The molecule has 1 saturated carbocycles. The van der Waals surface area contributed by atoms with Crippen molar-refractivity contribution >= 4 is 11.8 Å². The maximum Gasteiger partial charge on any atom is 0.169 e. The van der Waals surface area contributed by atoms with Crippen molar-refractivity contribution in [2.24, 2.45) is 0 Å². The van der Waals surface area contributed by atoms with Crippen LogP contribution in [0.5, 0.6) is 0 Å². The lowest BCUT2D eigenvalue weighted by Crippen LogP contribution is -2.51. The summed E-state index contributed by atoms with van der Waals surface area (Å²) in [7, 11) is 0. The van der Waals surface area contributed by atoms with Crippen LogP contribution in [-0.4, -0.2) is 55.3 Å². The molecule has 0 amide bonds. The van der Waals surface area contributed by atoms with Gasteiger partial charge in [-0.1, -0.05) is 6.92 Å². The number of nitrogens with one attached hydrogen (secondary N) is 1. The first kappa shape index (κ1) is 14.1. The van der Waals surface area contributed by atoms with E-state index in [4.69, 9.17) is 14.2 Å². The minimum atomic E-state index is -0.271.